The molecule has 1 N–H and O–H groups in total. The zero-order chi connectivity index (χ0) is 15.7. The van der Waals surface area contributed by atoms with Crippen LogP contribution in [0, 0.1) is 5.92 Å². The highest BCUT2D eigenvalue weighted by Gasteiger charge is 2.48. The molecule has 118 valence electrons. The third kappa shape index (κ3) is 3.32. The average molecular weight is 323 g/mol. The van der Waals surface area contributed by atoms with Crippen molar-refractivity contribution in [2.45, 2.75) is 29.8 Å². The molecule has 1 heterocycles. The molecule has 0 amide bonds. The number of benzene rings is 1. The summed E-state index contributed by atoms with van der Waals surface area (Å²) in [6.45, 7) is 2.93. The standard InChI is InChI=1S/C13H16F3NO3S/c1-9(10-6-7-20-8-10)17-11-4-2-3-5-12(11)21(18,19)13(14,15)16/h2-5,9-10,17H,6-8H2,1H3. The van der Waals surface area contributed by atoms with Crippen LogP contribution < -0.4 is 5.32 Å². The van der Waals surface area contributed by atoms with Crippen LogP contribution in [0.3, 0.4) is 0 Å². The summed E-state index contributed by atoms with van der Waals surface area (Å²) < 4.78 is 66.5. The maximum absolute atomic E-state index is 12.7. The molecule has 1 fully saturated rings. The Labute approximate surface area is 121 Å². The number of alkyl halides is 3. The molecule has 8 heteroatoms. The highest BCUT2D eigenvalue weighted by atomic mass is 32.2. The van der Waals surface area contributed by atoms with Crippen molar-refractivity contribution in [3.63, 3.8) is 0 Å². The average Bonchev–Trinajstić information content (AvgIpc) is 2.91. The third-order valence-corrected chi connectivity index (χ3v) is 5.08. The summed E-state index contributed by atoms with van der Waals surface area (Å²) in [6.07, 6.45) is 0.794. The number of ether oxygens (including phenoxy) is 1. The van der Waals surface area contributed by atoms with Gasteiger partial charge in [0.2, 0.25) is 0 Å². The molecule has 1 aromatic carbocycles. The van der Waals surface area contributed by atoms with Crippen molar-refractivity contribution in [2.75, 3.05) is 18.5 Å². The monoisotopic (exact) mass is 323 g/mol. The molecular formula is C13H16F3NO3S. The van der Waals surface area contributed by atoms with Crippen LogP contribution in [0.25, 0.3) is 0 Å². The number of anilines is 1. The summed E-state index contributed by atoms with van der Waals surface area (Å²) in [6, 6.07) is 4.88. The van der Waals surface area contributed by atoms with Crippen molar-refractivity contribution in [1.82, 2.24) is 0 Å². The van der Waals surface area contributed by atoms with Crippen molar-refractivity contribution in [3.05, 3.63) is 24.3 Å². The molecule has 1 aromatic rings. The van der Waals surface area contributed by atoms with Gasteiger partial charge in [-0.2, -0.15) is 13.2 Å². The first-order chi connectivity index (χ1) is 9.73. The number of sulfone groups is 1. The van der Waals surface area contributed by atoms with Gasteiger partial charge >= 0.3 is 5.51 Å². The molecule has 1 aliphatic rings. The van der Waals surface area contributed by atoms with Crippen LogP contribution in [-0.2, 0) is 14.6 Å². The number of halogens is 3. The second-order valence-electron chi connectivity index (χ2n) is 5.00. The van der Waals surface area contributed by atoms with Gasteiger partial charge in [-0.3, -0.25) is 0 Å². The molecule has 1 aliphatic heterocycles. The van der Waals surface area contributed by atoms with Crippen molar-refractivity contribution in [2.24, 2.45) is 5.92 Å². The predicted molar refractivity (Wildman–Crippen MR) is 71.7 cm³/mol. The highest BCUT2D eigenvalue weighted by Crippen LogP contribution is 2.35. The Hall–Kier alpha value is -1.28. The molecule has 1 saturated heterocycles. The van der Waals surface area contributed by atoms with E-state index in [9.17, 15) is 21.6 Å². The SMILES string of the molecule is CC(Nc1ccccc1S(=O)(=O)C(F)(F)F)C1CCOC1. The number of nitrogens with one attached hydrogen (secondary N) is 1. The Bertz CT molecular complexity index is 595. The molecule has 4 nitrogen and oxygen atoms in total. The Morgan fingerprint density at radius 1 is 1.33 bits per heavy atom. The summed E-state index contributed by atoms with van der Waals surface area (Å²) >= 11 is 0. The molecule has 0 aromatic heterocycles. The Morgan fingerprint density at radius 3 is 2.57 bits per heavy atom. The molecule has 0 radical (unpaired) electrons. The zero-order valence-corrected chi connectivity index (χ0v) is 12.2. The molecule has 0 aliphatic carbocycles. The topological polar surface area (TPSA) is 55.4 Å². The minimum atomic E-state index is -5.37. The van der Waals surface area contributed by atoms with E-state index in [2.05, 4.69) is 5.32 Å². The smallest absolute Gasteiger partial charge is 0.381 e. The summed E-state index contributed by atoms with van der Waals surface area (Å²) in [4.78, 5) is -0.747. The fourth-order valence-electron chi connectivity index (χ4n) is 2.26. The van der Waals surface area contributed by atoms with Gasteiger partial charge in [-0.05, 0) is 25.5 Å². The molecular weight excluding hydrogens is 307 g/mol. The largest absolute Gasteiger partial charge is 0.501 e. The number of hydrogen-bond acceptors (Lipinski definition) is 4. The number of para-hydroxylation sites is 1. The first-order valence-corrected chi connectivity index (χ1v) is 7.96. The minimum absolute atomic E-state index is 0.0331. The van der Waals surface area contributed by atoms with E-state index >= 15 is 0 Å². The van der Waals surface area contributed by atoms with E-state index < -0.39 is 20.2 Å². The van der Waals surface area contributed by atoms with Gasteiger partial charge in [-0.25, -0.2) is 8.42 Å². The maximum atomic E-state index is 12.7. The molecule has 2 atom stereocenters. The van der Waals surface area contributed by atoms with Gasteiger partial charge < -0.3 is 10.1 Å². The fourth-order valence-corrected chi connectivity index (χ4v) is 3.18. The van der Waals surface area contributed by atoms with Crippen molar-refractivity contribution < 1.29 is 26.3 Å². The second-order valence-corrected chi connectivity index (χ2v) is 6.91. The van der Waals surface area contributed by atoms with E-state index in [4.69, 9.17) is 4.74 Å². The maximum Gasteiger partial charge on any atom is 0.501 e. The normalized spacial score (nSPS) is 21.2. The number of rotatable bonds is 4. The summed E-state index contributed by atoms with van der Waals surface area (Å²) in [5, 5.41) is 2.87. The fraction of sp³-hybridized carbons (Fsp3) is 0.538. The molecule has 0 spiro atoms. The van der Waals surface area contributed by atoms with Gasteiger partial charge in [0.1, 0.15) is 0 Å². The van der Waals surface area contributed by atoms with E-state index in [1.807, 2.05) is 0 Å². The Morgan fingerprint density at radius 2 is 2.00 bits per heavy atom. The summed E-state index contributed by atoms with van der Waals surface area (Å²) in [5.41, 5.74) is -5.35. The van der Waals surface area contributed by atoms with E-state index in [0.717, 1.165) is 12.5 Å². The predicted octanol–water partition coefficient (Wildman–Crippen LogP) is 2.82. The molecule has 0 saturated carbocycles. The lowest BCUT2D eigenvalue weighted by atomic mass is 10.0. The summed E-state index contributed by atoms with van der Waals surface area (Å²) in [5.74, 6) is 0.145. The van der Waals surface area contributed by atoms with Crippen LogP contribution >= 0.6 is 0 Å². The number of hydrogen-bond donors (Lipinski definition) is 1. The molecule has 21 heavy (non-hydrogen) atoms. The first kappa shape index (κ1) is 16.1. The van der Waals surface area contributed by atoms with Gasteiger partial charge in [-0.15, -0.1) is 0 Å². The highest BCUT2D eigenvalue weighted by molar-refractivity contribution is 7.92. The quantitative estimate of drug-likeness (QED) is 0.926. The lowest BCUT2D eigenvalue weighted by Crippen LogP contribution is -2.29. The Balaban J connectivity index is 2.29. The molecule has 2 rings (SSSR count). The van der Waals surface area contributed by atoms with E-state index in [1.165, 1.54) is 18.2 Å². The van der Waals surface area contributed by atoms with Gasteiger partial charge in [0, 0.05) is 18.6 Å². The first-order valence-electron chi connectivity index (χ1n) is 6.48. The van der Waals surface area contributed by atoms with Gasteiger partial charge in [-0.1, -0.05) is 12.1 Å². The third-order valence-electron chi connectivity index (χ3n) is 3.54. The molecule has 2 unspecified atom stereocenters. The molecule has 0 bridgehead atoms. The van der Waals surface area contributed by atoms with Gasteiger partial charge in [0.15, 0.2) is 0 Å². The van der Waals surface area contributed by atoms with Gasteiger partial charge in [0.25, 0.3) is 9.84 Å². The second kappa shape index (κ2) is 5.84. The van der Waals surface area contributed by atoms with Crippen LogP contribution in [-0.4, -0.2) is 33.2 Å². The Kier molecular flexibility index (Phi) is 4.48. The van der Waals surface area contributed by atoms with Crippen LogP contribution in [0.2, 0.25) is 0 Å². The van der Waals surface area contributed by atoms with Crippen molar-refractivity contribution in [1.29, 1.82) is 0 Å². The van der Waals surface area contributed by atoms with Gasteiger partial charge in [0.05, 0.1) is 17.2 Å². The minimum Gasteiger partial charge on any atom is -0.381 e. The van der Waals surface area contributed by atoms with E-state index in [0.29, 0.717) is 13.2 Å². The summed E-state index contributed by atoms with van der Waals surface area (Å²) in [7, 11) is -5.37. The van der Waals surface area contributed by atoms with Crippen LogP contribution in [0.4, 0.5) is 18.9 Å². The zero-order valence-electron chi connectivity index (χ0n) is 11.4. The van der Waals surface area contributed by atoms with Crippen molar-refractivity contribution >= 4 is 15.5 Å². The lowest BCUT2D eigenvalue weighted by molar-refractivity contribution is -0.0435. The van der Waals surface area contributed by atoms with Crippen LogP contribution in [0.5, 0.6) is 0 Å². The lowest BCUT2D eigenvalue weighted by Gasteiger charge is -2.22. The van der Waals surface area contributed by atoms with Crippen LogP contribution in [0.15, 0.2) is 29.2 Å². The van der Waals surface area contributed by atoms with Crippen LogP contribution in [0.1, 0.15) is 13.3 Å². The van der Waals surface area contributed by atoms with E-state index in [1.54, 1.807) is 6.92 Å². The van der Waals surface area contributed by atoms with E-state index in [-0.39, 0.29) is 17.6 Å². The van der Waals surface area contributed by atoms with Crippen molar-refractivity contribution in [3.8, 4) is 0 Å².